The van der Waals surface area contributed by atoms with Crippen LogP contribution in [0.15, 0.2) is 57.6 Å². The van der Waals surface area contributed by atoms with Gasteiger partial charge in [-0.1, -0.05) is 11.8 Å². The Morgan fingerprint density at radius 2 is 1.56 bits per heavy atom. The van der Waals surface area contributed by atoms with Crippen molar-refractivity contribution < 1.29 is 91.5 Å². The van der Waals surface area contributed by atoms with E-state index in [-0.39, 0.29) is 91.8 Å². The van der Waals surface area contributed by atoms with Crippen LogP contribution in [-0.4, -0.2) is 44.1 Å². The Balaban J connectivity index is -0.00000192. The third kappa shape index (κ3) is 7.82. The molecular weight excluding hydrogens is 529 g/mol. The second-order valence-corrected chi connectivity index (χ2v) is 7.09. The third-order valence-corrected chi connectivity index (χ3v) is 4.62. The summed E-state index contributed by atoms with van der Waals surface area (Å²) in [6.07, 6.45) is 0. The molecule has 1 heterocycles. The van der Waals surface area contributed by atoms with Gasteiger partial charge in [-0.15, -0.1) is 5.11 Å². The molecule has 0 bridgehead atoms. The monoisotopic (exact) mass is 545 g/mol. The van der Waals surface area contributed by atoms with Gasteiger partial charge < -0.3 is 31.2 Å². The topological polar surface area (TPSA) is 284 Å². The van der Waals surface area contributed by atoms with Crippen molar-refractivity contribution in [1.29, 1.82) is 0 Å². The van der Waals surface area contributed by atoms with E-state index in [1.54, 1.807) is 0 Å². The van der Waals surface area contributed by atoms with Gasteiger partial charge in [-0.2, -0.15) is 10.2 Å². The summed E-state index contributed by atoms with van der Waals surface area (Å²) in [5.41, 5.74) is -0.571. The summed E-state index contributed by atoms with van der Waals surface area (Å²) in [7, 11) is -4.64. The van der Waals surface area contributed by atoms with Gasteiger partial charge in [0.1, 0.15) is 15.8 Å². The number of benzene rings is 2. The van der Waals surface area contributed by atoms with E-state index in [0.29, 0.717) is 0 Å². The summed E-state index contributed by atoms with van der Waals surface area (Å²) in [5, 5.41) is 46.4. The van der Waals surface area contributed by atoms with Gasteiger partial charge in [0.25, 0.3) is 5.69 Å². The summed E-state index contributed by atoms with van der Waals surface area (Å²) in [6, 6.07) is 7.41. The number of azo groups is 1. The van der Waals surface area contributed by atoms with E-state index in [1.807, 2.05) is 0 Å². The molecule has 34 heavy (non-hydrogen) atoms. The van der Waals surface area contributed by atoms with Crippen LogP contribution in [-0.2, 0) is 27.5 Å². The van der Waals surface area contributed by atoms with E-state index < -0.39 is 31.6 Å². The van der Waals surface area contributed by atoms with Gasteiger partial charge in [-0.05, 0) is 31.2 Å². The number of hydrogen-bond donors (Lipinski definition) is 0. The molecule has 3 rings (SSSR count). The van der Waals surface area contributed by atoms with Crippen molar-refractivity contribution in [2.45, 2.75) is 11.8 Å². The molecule has 6 N–H and O–H groups in total. The maximum atomic E-state index is 12.5. The van der Waals surface area contributed by atoms with Gasteiger partial charge in [0.2, 0.25) is 0 Å². The standard InChI is InChI=1S/C16H13N5O7S.Cr.Na.3H2O/c1-9-15(18-17-13-8-11(21(24)25)4-7-14(13)22)16(23)20(19-9)10-2-5-12(6-3-10)29(26,27)28;;;;;/h2-8,22-23H,1H3,(H,26,27,28);;;3*1H2/q;+3;+1;;;/p-3. The number of rotatable bonds is 5. The molecule has 1 radical (unpaired) electrons. The fourth-order valence-electron chi connectivity index (χ4n) is 2.34. The number of nitrogens with zero attached hydrogens (tertiary/aromatic N) is 5. The Morgan fingerprint density at radius 1 is 1.00 bits per heavy atom. The van der Waals surface area contributed by atoms with Crippen LogP contribution in [0.3, 0.4) is 0 Å². The number of non-ortho nitro benzene ring substituents is 1. The van der Waals surface area contributed by atoms with Crippen LogP contribution in [0.2, 0.25) is 0 Å². The van der Waals surface area contributed by atoms with Gasteiger partial charge in [0, 0.05) is 18.0 Å². The van der Waals surface area contributed by atoms with Gasteiger partial charge in [0.05, 0.1) is 26.9 Å². The largest absolute Gasteiger partial charge is 3.00 e. The number of hydrogen-bond acceptors (Lipinski definition) is 10. The predicted octanol–water partition coefficient (Wildman–Crippen LogP) is -3.92. The molecule has 0 amide bonds. The van der Waals surface area contributed by atoms with Crippen LogP contribution >= 0.6 is 0 Å². The first-order chi connectivity index (χ1) is 13.6. The first-order valence-corrected chi connectivity index (χ1v) is 9.19. The third-order valence-electron chi connectivity index (χ3n) is 3.77. The molecule has 0 saturated carbocycles. The predicted molar refractivity (Wildman–Crippen MR) is 103 cm³/mol. The van der Waals surface area contributed by atoms with Crippen molar-refractivity contribution in [3.8, 4) is 17.3 Å². The molecule has 0 spiro atoms. The summed E-state index contributed by atoms with van der Waals surface area (Å²) < 4.78 is 33.9. The van der Waals surface area contributed by atoms with E-state index in [4.69, 9.17) is 0 Å². The van der Waals surface area contributed by atoms with Crippen LogP contribution in [0, 0.1) is 17.0 Å². The number of nitro groups is 1. The summed E-state index contributed by atoms with van der Waals surface area (Å²) >= 11 is 0. The minimum Gasteiger partial charge on any atom is -0.871 e. The van der Waals surface area contributed by atoms with Crippen LogP contribution in [0.1, 0.15) is 5.69 Å². The molecule has 177 valence electrons. The van der Waals surface area contributed by atoms with Crippen LogP contribution in [0.4, 0.5) is 17.1 Å². The number of aryl methyl sites for hydroxylation is 1. The maximum absolute atomic E-state index is 12.5. The van der Waals surface area contributed by atoms with Crippen molar-refractivity contribution in [3.63, 3.8) is 0 Å². The molecule has 0 saturated heterocycles. The molecule has 0 fully saturated rings. The Bertz CT molecular complexity index is 1250. The number of nitro benzene ring substituents is 1. The zero-order valence-corrected chi connectivity index (χ0v) is 21.5. The zero-order valence-electron chi connectivity index (χ0n) is 17.5. The van der Waals surface area contributed by atoms with E-state index >= 15 is 0 Å². The van der Waals surface area contributed by atoms with E-state index in [0.717, 1.165) is 35.0 Å². The van der Waals surface area contributed by atoms with E-state index in [2.05, 4.69) is 15.3 Å². The first kappa shape index (κ1) is 36.1. The molecule has 0 atom stereocenters. The van der Waals surface area contributed by atoms with Crippen molar-refractivity contribution >= 4 is 27.2 Å². The van der Waals surface area contributed by atoms with E-state index in [9.17, 15) is 33.3 Å². The minimum atomic E-state index is -4.64. The summed E-state index contributed by atoms with van der Waals surface area (Å²) in [6.45, 7) is 1.45. The molecule has 3 aromatic rings. The molecule has 0 aliphatic heterocycles. The summed E-state index contributed by atoms with van der Waals surface area (Å²) in [5.74, 6) is -1.34. The normalized spacial score (nSPS) is 10.1. The average molecular weight is 545 g/mol. The molecule has 0 aliphatic carbocycles. The van der Waals surface area contributed by atoms with Gasteiger partial charge in [0.15, 0.2) is 0 Å². The second-order valence-electron chi connectivity index (χ2n) is 5.71. The van der Waals surface area contributed by atoms with Gasteiger partial charge in [-0.25, -0.2) is 13.1 Å². The smallest absolute Gasteiger partial charge is 0.871 e. The molecular formula is C16H16CrN5NaO10S+. The Kier molecular flexibility index (Phi) is 15.0. The van der Waals surface area contributed by atoms with Crippen molar-refractivity contribution in [1.82, 2.24) is 9.78 Å². The van der Waals surface area contributed by atoms with Crippen molar-refractivity contribution in [2.75, 3.05) is 0 Å². The second kappa shape index (κ2) is 14.1. The van der Waals surface area contributed by atoms with Gasteiger partial charge in [-0.3, -0.25) is 10.1 Å². The molecule has 1 aromatic heterocycles. The molecule has 15 nitrogen and oxygen atoms in total. The van der Waals surface area contributed by atoms with Gasteiger partial charge >= 0.3 is 46.9 Å². The molecule has 0 aliphatic rings. The van der Waals surface area contributed by atoms with Crippen LogP contribution in [0.5, 0.6) is 11.6 Å². The van der Waals surface area contributed by atoms with Crippen molar-refractivity contribution in [2.24, 2.45) is 10.2 Å². The molecule has 18 heteroatoms. The maximum Gasteiger partial charge on any atom is 3.00 e. The first-order valence-electron chi connectivity index (χ1n) is 7.78. The van der Waals surface area contributed by atoms with Crippen molar-refractivity contribution in [3.05, 3.63) is 58.3 Å². The zero-order chi connectivity index (χ0) is 21.3. The summed E-state index contributed by atoms with van der Waals surface area (Å²) in [4.78, 5) is 9.64. The Morgan fingerprint density at radius 3 is 2.06 bits per heavy atom. The van der Waals surface area contributed by atoms with Crippen LogP contribution < -0.4 is 39.8 Å². The Hall–Kier alpha value is -2.43. The molecule has 2 aromatic carbocycles. The minimum absolute atomic E-state index is 0. The SMILES string of the molecule is Cc1nn(-c2ccc(S(=O)(=O)[O-])cc2)c([O-])c1N=Nc1cc([N+](=O)[O-])ccc1[O-].O.O.O.[Cr+3].[Na+]. The Labute approximate surface area is 225 Å². The fourth-order valence-corrected chi connectivity index (χ4v) is 2.81. The van der Waals surface area contributed by atoms with E-state index in [1.165, 1.54) is 19.1 Å². The van der Waals surface area contributed by atoms with Crippen LogP contribution in [0.25, 0.3) is 5.69 Å². The quantitative estimate of drug-likeness (QED) is 0.100. The fraction of sp³-hybridized carbons (Fsp3) is 0.0625. The number of aromatic nitrogens is 2. The molecule has 0 unspecified atom stereocenters. The average Bonchev–Trinajstić information content (AvgIpc) is 2.94.